The molecule has 1 aromatic heterocycles. The molecule has 0 amide bonds. The second-order valence-corrected chi connectivity index (χ2v) is 8.04. The van der Waals surface area contributed by atoms with Gasteiger partial charge in [0, 0.05) is 23.8 Å². The SMILES string of the molecule is COc1cccc2cc([C@H](C)N[C@@H]3CCO[C@]4(CCSC4)C3)oc12. The van der Waals surface area contributed by atoms with Gasteiger partial charge < -0.3 is 19.2 Å². The van der Waals surface area contributed by atoms with Gasteiger partial charge in [-0.1, -0.05) is 12.1 Å². The molecule has 24 heavy (non-hydrogen) atoms. The number of nitrogens with one attached hydrogen (secondary N) is 1. The van der Waals surface area contributed by atoms with Crippen LogP contribution < -0.4 is 10.1 Å². The number of benzene rings is 1. The van der Waals surface area contributed by atoms with E-state index in [0.717, 1.165) is 47.7 Å². The van der Waals surface area contributed by atoms with Crippen LogP contribution in [0, 0.1) is 0 Å². The summed E-state index contributed by atoms with van der Waals surface area (Å²) in [5, 5.41) is 4.85. The Labute approximate surface area is 147 Å². The minimum Gasteiger partial charge on any atom is -0.493 e. The molecule has 0 aliphatic carbocycles. The van der Waals surface area contributed by atoms with Crippen LogP contribution in [-0.2, 0) is 4.74 Å². The lowest BCUT2D eigenvalue weighted by Gasteiger charge is -2.39. The summed E-state index contributed by atoms with van der Waals surface area (Å²) >= 11 is 2.02. The topological polar surface area (TPSA) is 43.6 Å². The Morgan fingerprint density at radius 1 is 1.42 bits per heavy atom. The van der Waals surface area contributed by atoms with Gasteiger partial charge in [0.05, 0.1) is 18.8 Å². The van der Waals surface area contributed by atoms with E-state index in [1.165, 1.54) is 12.2 Å². The van der Waals surface area contributed by atoms with Crippen LogP contribution in [0.3, 0.4) is 0 Å². The molecule has 2 aliphatic rings. The number of fused-ring (bicyclic) bond motifs is 1. The van der Waals surface area contributed by atoms with Crippen molar-refractivity contribution in [1.82, 2.24) is 5.32 Å². The Balaban J connectivity index is 1.48. The Kier molecular flexibility index (Phi) is 4.50. The molecular formula is C19H25NO3S. The van der Waals surface area contributed by atoms with Crippen LogP contribution in [0.4, 0.5) is 0 Å². The van der Waals surface area contributed by atoms with Crippen LogP contribution in [0.1, 0.15) is 38.0 Å². The van der Waals surface area contributed by atoms with Gasteiger partial charge in [-0.15, -0.1) is 0 Å². The number of hydrogen-bond donors (Lipinski definition) is 1. The Morgan fingerprint density at radius 2 is 2.33 bits per heavy atom. The summed E-state index contributed by atoms with van der Waals surface area (Å²) in [5.74, 6) is 4.13. The van der Waals surface area contributed by atoms with Crippen LogP contribution >= 0.6 is 11.8 Å². The van der Waals surface area contributed by atoms with Gasteiger partial charge >= 0.3 is 0 Å². The van der Waals surface area contributed by atoms with E-state index in [1.807, 2.05) is 23.9 Å². The number of rotatable bonds is 4. The van der Waals surface area contributed by atoms with Gasteiger partial charge in [0.1, 0.15) is 5.76 Å². The quantitative estimate of drug-likeness (QED) is 0.900. The molecule has 1 spiro atoms. The van der Waals surface area contributed by atoms with Gasteiger partial charge in [0.25, 0.3) is 0 Å². The smallest absolute Gasteiger partial charge is 0.176 e. The van der Waals surface area contributed by atoms with E-state index in [-0.39, 0.29) is 11.6 Å². The molecular weight excluding hydrogens is 322 g/mol. The number of ether oxygens (including phenoxy) is 2. The fourth-order valence-electron chi connectivity index (χ4n) is 3.90. The van der Waals surface area contributed by atoms with Crippen molar-refractivity contribution in [3.8, 4) is 5.75 Å². The predicted molar refractivity (Wildman–Crippen MR) is 98.0 cm³/mol. The van der Waals surface area contributed by atoms with Crippen LogP contribution in [0.5, 0.6) is 5.75 Å². The maximum atomic E-state index is 6.12. The zero-order chi connectivity index (χ0) is 16.6. The van der Waals surface area contributed by atoms with Gasteiger partial charge in [0.15, 0.2) is 11.3 Å². The molecule has 1 aromatic carbocycles. The first kappa shape index (κ1) is 16.3. The fraction of sp³-hybridized carbons (Fsp3) is 0.579. The summed E-state index contributed by atoms with van der Waals surface area (Å²) in [4.78, 5) is 0. The summed E-state index contributed by atoms with van der Waals surface area (Å²) in [5.41, 5.74) is 0.941. The van der Waals surface area contributed by atoms with Crippen molar-refractivity contribution in [3.63, 3.8) is 0 Å². The van der Waals surface area contributed by atoms with Gasteiger partial charge in [-0.2, -0.15) is 11.8 Å². The molecule has 4 rings (SSSR count). The van der Waals surface area contributed by atoms with Crippen LogP contribution in [-0.4, -0.2) is 36.9 Å². The first-order valence-corrected chi connectivity index (χ1v) is 9.89. The molecule has 4 nitrogen and oxygen atoms in total. The lowest BCUT2D eigenvalue weighted by atomic mass is 9.89. The van der Waals surface area contributed by atoms with Gasteiger partial charge in [-0.25, -0.2) is 0 Å². The minimum atomic E-state index is 0.109. The molecule has 2 saturated heterocycles. The molecule has 0 saturated carbocycles. The molecule has 2 aliphatic heterocycles. The van der Waals surface area contributed by atoms with E-state index in [1.54, 1.807) is 7.11 Å². The van der Waals surface area contributed by atoms with E-state index >= 15 is 0 Å². The average Bonchev–Trinajstić information content (AvgIpc) is 3.21. The second-order valence-electron chi connectivity index (χ2n) is 6.94. The van der Waals surface area contributed by atoms with Crippen molar-refractivity contribution in [2.24, 2.45) is 0 Å². The van der Waals surface area contributed by atoms with Gasteiger partial charge in [-0.3, -0.25) is 0 Å². The summed E-state index contributed by atoms with van der Waals surface area (Å²) in [6.07, 6.45) is 3.36. The highest BCUT2D eigenvalue weighted by atomic mass is 32.2. The normalized spacial score (nSPS) is 28.5. The first-order chi connectivity index (χ1) is 11.7. The lowest BCUT2D eigenvalue weighted by Crippen LogP contribution is -2.47. The second kappa shape index (κ2) is 6.62. The van der Waals surface area contributed by atoms with Crippen molar-refractivity contribution in [2.75, 3.05) is 25.2 Å². The highest BCUT2D eigenvalue weighted by Crippen LogP contribution is 2.39. The largest absolute Gasteiger partial charge is 0.493 e. The highest BCUT2D eigenvalue weighted by Gasteiger charge is 2.40. The average molecular weight is 347 g/mol. The van der Waals surface area contributed by atoms with E-state index in [0.29, 0.717) is 6.04 Å². The van der Waals surface area contributed by atoms with Crippen molar-refractivity contribution in [2.45, 2.75) is 43.9 Å². The third-order valence-electron chi connectivity index (χ3n) is 5.22. The van der Waals surface area contributed by atoms with Crippen molar-refractivity contribution in [3.05, 3.63) is 30.0 Å². The molecule has 3 heterocycles. The predicted octanol–water partition coefficient (Wildman–Crippen LogP) is 4.15. The molecule has 5 heteroatoms. The van der Waals surface area contributed by atoms with E-state index in [2.05, 4.69) is 24.4 Å². The minimum absolute atomic E-state index is 0.109. The summed E-state index contributed by atoms with van der Waals surface area (Å²) in [7, 11) is 1.68. The van der Waals surface area contributed by atoms with Crippen molar-refractivity contribution in [1.29, 1.82) is 0 Å². The molecule has 130 valence electrons. The zero-order valence-corrected chi connectivity index (χ0v) is 15.2. The first-order valence-electron chi connectivity index (χ1n) is 8.73. The molecule has 1 N–H and O–H groups in total. The van der Waals surface area contributed by atoms with Crippen molar-refractivity contribution >= 4 is 22.7 Å². The highest BCUT2D eigenvalue weighted by molar-refractivity contribution is 7.99. The number of para-hydroxylation sites is 1. The number of methoxy groups -OCH3 is 1. The molecule has 0 radical (unpaired) electrons. The zero-order valence-electron chi connectivity index (χ0n) is 14.3. The van der Waals surface area contributed by atoms with Crippen LogP contribution in [0.15, 0.2) is 28.7 Å². The summed E-state index contributed by atoms with van der Waals surface area (Å²) in [6, 6.07) is 8.79. The molecule has 2 aromatic rings. The third-order valence-corrected chi connectivity index (χ3v) is 6.44. The lowest BCUT2D eigenvalue weighted by molar-refractivity contribution is -0.0714. The fourth-order valence-corrected chi connectivity index (χ4v) is 5.28. The third kappa shape index (κ3) is 3.05. The van der Waals surface area contributed by atoms with E-state index < -0.39 is 0 Å². The van der Waals surface area contributed by atoms with Crippen LogP contribution in [0.25, 0.3) is 11.0 Å². The van der Waals surface area contributed by atoms with E-state index in [4.69, 9.17) is 13.9 Å². The monoisotopic (exact) mass is 347 g/mol. The number of hydrogen-bond acceptors (Lipinski definition) is 5. The summed E-state index contributed by atoms with van der Waals surface area (Å²) in [6.45, 7) is 3.04. The standard InChI is InChI=1S/C19H25NO3S/c1-13(17-10-14-4-3-5-16(21-2)18(14)23-17)20-15-6-8-22-19(11-15)7-9-24-12-19/h3-5,10,13,15,20H,6-9,11-12H2,1-2H3/t13-,15+,19+/m0/s1. The molecule has 0 bridgehead atoms. The molecule has 3 atom stereocenters. The Hall–Kier alpha value is -1.17. The van der Waals surface area contributed by atoms with Gasteiger partial charge in [0.2, 0.25) is 0 Å². The van der Waals surface area contributed by atoms with E-state index in [9.17, 15) is 0 Å². The van der Waals surface area contributed by atoms with Gasteiger partial charge in [-0.05, 0) is 44.1 Å². The molecule has 2 fully saturated rings. The Bertz CT molecular complexity index is 708. The maximum Gasteiger partial charge on any atom is 0.176 e. The number of furan rings is 1. The summed E-state index contributed by atoms with van der Waals surface area (Å²) < 4.78 is 17.6. The maximum absolute atomic E-state index is 6.12. The Morgan fingerprint density at radius 3 is 3.12 bits per heavy atom. The van der Waals surface area contributed by atoms with Crippen molar-refractivity contribution < 1.29 is 13.9 Å². The molecule has 0 unspecified atom stereocenters. The van der Waals surface area contributed by atoms with Crippen LogP contribution in [0.2, 0.25) is 0 Å². The number of thioether (sulfide) groups is 1.